The number of amides is 1. The Balaban J connectivity index is 1.76. The molecule has 3 rings (SSSR count). The van der Waals surface area contributed by atoms with Gasteiger partial charge in [-0.3, -0.25) is 4.79 Å². The van der Waals surface area contributed by atoms with Crippen molar-refractivity contribution in [1.82, 2.24) is 5.32 Å². The Hall–Kier alpha value is -2.62. The minimum absolute atomic E-state index is 0.131. The monoisotopic (exact) mass is 311 g/mol. The maximum Gasteiger partial charge on any atom is 0.287 e. The highest BCUT2D eigenvalue weighted by Gasteiger charge is 2.19. The molecule has 1 aromatic heterocycles. The summed E-state index contributed by atoms with van der Waals surface area (Å²) in [6.07, 6.45) is 0. The molecule has 1 amide bonds. The molecule has 0 aliphatic rings. The van der Waals surface area contributed by atoms with E-state index in [2.05, 4.69) is 5.32 Å². The van der Waals surface area contributed by atoms with Crippen LogP contribution in [0, 0.1) is 12.7 Å². The minimum atomic E-state index is -0.456. The van der Waals surface area contributed by atoms with Gasteiger partial charge in [-0.15, -0.1) is 0 Å². The van der Waals surface area contributed by atoms with Crippen molar-refractivity contribution < 1.29 is 13.6 Å². The molecule has 0 fully saturated rings. The fourth-order valence-electron chi connectivity index (χ4n) is 2.65. The molecule has 0 spiro atoms. The first-order valence-corrected chi connectivity index (χ1v) is 7.58. The Morgan fingerprint density at radius 1 is 1.17 bits per heavy atom. The van der Waals surface area contributed by atoms with Gasteiger partial charge in [0.1, 0.15) is 0 Å². The first kappa shape index (κ1) is 15.3. The molecule has 1 N–H and O–H groups in total. The lowest BCUT2D eigenvalue weighted by molar-refractivity contribution is 0.0925. The molecule has 0 aliphatic carbocycles. The second-order valence-corrected chi connectivity index (χ2v) is 5.69. The van der Waals surface area contributed by atoms with Crippen LogP contribution in [0.25, 0.3) is 11.0 Å². The highest BCUT2D eigenvalue weighted by molar-refractivity contribution is 5.99. The third-order valence-electron chi connectivity index (χ3n) is 4.06. The number of carbonyl (C=O) groups excluding carboxylic acids is 1. The van der Waals surface area contributed by atoms with Crippen LogP contribution in [-0.4, -0.2) is 12.5 Å². The normalized spacial score (nSPS) is 12.3. The van der Waals surface area contributed by atoms with Gasteiger partial charge in [0.05, 0.1) is 0 Å². The van der Waals surface area contributed by atoms with Crippen LogP contribution in [0.4, 0.5) is 4.39 Å². The summed E-state index contributed by atoms with van der Waals surface area (Å²) in [5, 5.41) is 3.49. The smallest absolute Gasteiger partial charge is 0.287 e. The van der Waals surface area contributed by atoms with Gasteiger partial charge in [-0.2, -0.15) is 0 Å². The fourth-order valence-corrected chi connectivity index (χ4v) is 2.65. The third kappa shape index (κ3) is 2.97. The van der Waals surface area contributed by atoms with Crippen molar-refractivity contribution in [3.05, 3.63) is 71.2 Å². The molecule has 3 aromatic rings. The summed E-state index contributed by atoms with van der Waals surface area (Å²) >= 11 is 0. The summed E-state index contributed by atoms with van der Waals surface area (Å²) in [6, 6.07) is 14.6. The van der Waals surface area contributed by atoms with Crippen molar-refractivity contribution in [2.45, 2.75) is 19.8 Å². The SMILES string of the molecule is Cc1c(C(=O)NC[C@H](C)c2ccccc2)oc2c(F)cccc12. The molecule has 0 unspecified atom stereocenters. The summed E-state index contributed by atoms with van der Waals surface area (Å²) < 4.78 is 19.2. The van der Waals surface area contributed by atoms with E-state index in [9.17, 15) is 9.18 Å². The number of fused-ring (bicyclic) bond motifs is 1. The summed E-state index contributed by atoms with van der Waals surface area (Å²) in [5.74, 6) is -0.421. The van der Waals surface area contributed by atoms with E-state index in [1.54, 1.807) is 19.1 Å². The summed E-state index contributed by atoms with van der Waals surface area (Å²) in [4.78, 5) is 12.4. The first-order chi connectivity index (χ1) is 11.1. The average Bonchev–Trinajstić information content (AvgIpc) is 2.92. The van der Waals surface area contributed by atoms with E-state index in [4.69, 9.17) is 4.42 Å². The minimum Gasteiger partial charge on any atom is -0.448 e. The first-order valence-electron chi connectivity index (χ1n) is 7.58. The van der Waals surface area contributed by atoms with Crippen LogP contribution < -0.4 is 5.32 Å². The Morgan fingerprint density at radius 2 is 1.91 bits per heavy atom. The zero-order valence-electron chi connectivity index (χ0n) is 13.1. The summed E-state index contributed by atoms with van der Waals surface area (Å²) in [6.45, 7) is 4.30. The van der Waals surface area contributed by atoms with Crippen LogP contribution in [0.1, 0.15) is 34.5 Å². The van der Waals surface area contributed by atoms with Gasteiger partial charge >= 0.3 is 0 Å². The Labute approximate surface area is 134 Å². The van der Waals surface area contributed by atoms with Crippen LogP contribution in [0.15, 0.2) is 52.9 Å². The van der Waals surface area contributed by atoms with Crippen molar-refractivity contribution in [2.24, 2.45) is 0 Å². The van der Waals surface area contributed by atoms with Gasteiger partial charge in [-0.25, -0.2) is 4.39 Å². The summed E-state index contributed by atoms with van der Waals surface area (Å²) in [7, 11) is 0. The second kappa shape index (κ2) is 6.24. The van der Waals surface area contributed by atoms with Crippen LogP contribution in [0.3, 0.4) is 0 Å². The molecule has 3 nitrogen and oxygen atoms in total. The quantitative estimate of drug-likeness (QED) is 0.775. The number of para-hydroxylation sites is 1. The third-order valence-corrected chi connectivity index (χ3v) is 4.06. The van der Waals surface area contributed by atoms with E-state index in [0.29, 0.717) is 17.5 Å². The number of aryl methyl sites for hydroxylation is 1. The Kier molecular flexibility index (Phi) is 4.15. The van der Waals surface area contributed by atoms with Crippen molar-refractivity contribution >= 4 is 16.9 Å². The number of nitrogens with one attached hydrogen (secondary N) is 1. The van der Waals surface area contributed by atoms with E-state index in [1.165, 1.54) is 6.07 Å². The van der Waals surface area contributed by atoms with Crippen molar-refractivity contribution in [2.75, 3.05) is 6.54 Å². The summed E-state index contributed by atoms with van der Waals surface area (Å²) in [5.41, 5.74) is 1.94. The van der Waals surface area contributed by atoms with Gasteiger partial charge < -0.3 is 9.73 Å². The average molecular weight is 311 g/mol. The lowest BCUT2D eigenvalue weighted by atomic mass is 10.0. The maximum atomic E-state index is 13.8. The largest absolute Gasteiger partial charge is 0.448 e. The number of halogens is 1. The zero-order chi connectivity index (χ0) is 16.4. The van der Waals surface area contributed by atoms with Gasteiger partial charge in [-0.1, -0.05) is 49.4 Å². The molecule has 0 saturated heterocycles. The highest BCUT2D eigenvalue weighted by Crippen LogP contribution is 2.27. The molecule has 0 bridgehead atoms. The molecule has 23 heavy (non-hydrogen) atoms. The lowest BCUT2D eigenvalue weighted by Gasteiger charge is -2.12. The lowest BCUT2D eigenvalue weighted by Crippen LogP contribution is -2.27. The maximum absolute atomic E-state index is 13.8. The van der Waals surface area contributed by atoms with E-state index in [1.807, 2.05) is 37.3 Å². The number of hydrogen-bond donors (Lipinski definition) is 1. The topological polar surface area (TPSA) is 42.2 Å². The van der Waals surface area contributed by atoms with Gasteiger partial charge in [0.25, 0.3) is 5.91 Å². The van der Waals surface area contributed by atoms with Gasteiger partial charge in [0.15, 0.2) is 17.2 Å². The van der Waals surface area contributed by atoms with E-state index in [0.717, 1.165) is 5.56 Å². The molecular formula is C19H18FNO2. The van der Waals surface area contributed by atoms with Gasteiger partial charge in [-0.05, 0) is 24.5 Å². The molecule has 0 aliphatic heterocycles. The van der Waals surface area contributed by atoms with Crippen molar-refractivity contribution in [1.29, 1.82) is 0 Å². The Bertz CT molecular complexity index is 839. The molecule has 2 aromatic carbocycles. The number of rotatable bonds is 4. The van der Waals surface area contributed by atoms with Gasteiger partial charge in [0, 0.05) is 17.5 Å². The second-order valence-electron chi connectivity index (χ2n) is 5.69. The fraction of sp³-hybridized carbons (Fsp3) is 0.211. The van der Waals surface area contributed by atoms with Crippen LogP contribution in [-0.2, 0) is 0 Å². The zero-order valence-corrected chi connectivity index (χ0v) is 13.1. The van der Waals surface area contributed by atoms with Crippen LogP contribution >= 0.6 is 0 Å². The molecule has 1 heterocycles. The Morgan fingerprint density at radius 3 is 2.61 bits per heavy atom. The molecule has 0 saturated carbocycles. The molecular weight excluding hydrogens is 293 g/mol. The van der Waals surface area contributed by atoms with E-state index >= 15 is 0 Å². The van der Waals surface area contributed by atoms with Crippen molar-refractivity contribution in [3.63, 3.8) is 0 Å². The molecule has 118 valence electrons. The van der Waals surface area contributed by atoms with E-state index < -0.39 is 5.82 Å². The number of benzene rings is 2. The predicted octanol–water partition coefficient (Wildman–Crippen LogP) is 4.41. The number of hydrogen-bond acceptors (Lipinski definition) is 2. The number of carbonyl (C=O) groups is 1. The molecule has 4 heteroatoms. The predicted molar refractivity (Wildman–Crippen MR) is 88.1 cm³/mol. The number of furan rings is 1. The van der Waals surface area contributed by atoms with Crippen LogP contribution in [0.5, 0.6) is 0 Å². The highest BCUT2D eigenvalue weighted by atomic mass is 19.1. The standard InChI is InChI=1S/C19H18FNO2/c1-12(14-7-4-3-5-8-14)11-21-19(22)17-13(2)15-9-6-10-16(20)18(15)23-17/h3-10,12H,11H2,1-2H3,(H,21,22)/t12-/m0/s1. The molecule has 1 atom stereocenters. The van der Waals surface area contributed by atoms with Crippen LogP contribution in [0.2, 0.25) is 0 Å². The van der Waals surface area contributed by atoms with Gasteiger partial charge in [0.2, 0.25) is 0 Å². The molecule has 0 radical (unpaired) electrons. The van der Waals surface area contributed by atoms with E-state index in [-0.39, 0.29) is 23.2 Å². The van der Waals surface area contributed by atoms with Crippen molar-refractivity contribution in [3.8, 4) is 0 Å².